The normalized spacial score (nSPS) is 13.7. The van der Waals surface area contributed by atoms with Gasteiger partial charge in [0.05, 0.1) is 33.6 Å². The van der Waals surface area contributed by atoms with Crippen molar-refractivity contribution in [3.8, 4) is 0 Å². The highest BCUT2D eigenvalue weighted by atomic mass is 35.5. The molecule has 0 saturated heterocycles. The number of allylic oxidation sites excluding steroid dienone is 1. The first-order valence-corrected chi connectivity index (χ1v) is 11.1. The molecule has 38 heavy (non-hydrogen) atoms. The van der Waals surface area contributed by atoms with Crippen LogP contribution >= 0.6 is 23.2 Å². The van der Waals surface area contributed by atoms with Crippen molar-refractivity contribution in [2.24, 2.45) is 0 Å². The molecule has 2 aromatic rings. The zero-order valence-electron chi connectivity index (χ0n) is 19.0. The maximum atomic E-state index is 15.0. The van der Waals surface area contributed by atoms with Gasteiger partial charge in [0.2, 0.25) is 5.91 Å². The van der Waals surface area contributed by atoms with Gasteiger partial charge in [0.1, 0.15) is 12.4 Å². The van der Waals surface area contributed by atoms with Crippen molar-refractivity contribution in [2.45, 2.75) is 31.1 Å². The van der Waals surface area contributed by atoms with E-state index in [1.54, 1.807) is 5.32 Å². The van der Waals surface area contributed by atoms with Crippen molar-refractivity contribution in [1.82, 2.24) is 10.6 Å². The van der Waals surface area contributed by atoms with Gasteiger partial charge in [-0.2, -0.15) is 26.3 Å². The van der Waals surface area contributed by atoms with E-state index in [0.29, 0.717) is 25.1 Å². The monoisotopic (exact) mass is 594 g/mol. The number of nitrogens with one attached hydrogen (secondary N) is 2. The number of alkyl halides is 8. The van der Waals surface area contributed by atoms with E-state index in [4.69, 9.17) is 23.2 Å². The van der Waals surface area contributed by atoms with Crippen LogP contribution < -0.4 is 10.6 Å². The van der Waals surface area contributed by atoms with Crippen LogP contribution in [0.5, 0.6) is 0 Å². The minimum Gasteiger partial charge on any atom is -0.345 e. The maximum absolute atomic E-state index is 15.0. The minimum atomic E-state index is -5.24. The first kappa shape index (κ1) is 31.3. The van der Waals surface area contributed by atoms with E-state index in [1.165, 1.54) is 11.4 Å². The van der Waals surface area contributed by atoms with Crippen molar-refractivity contribution >= 4 is 40.8 Å². The molecule has 0 aliphatic carbocycles. The second kappa shape index (κ2) is 11.9. The van der Waals surface area contributed by atoms with E-state index in [1.807, 2.05) is 0 Å². The van der Waals surface area contributed by atoms with Crippen molar-refractivity contribution < 1.29 is 49.1 Å². The molecule has 1 atom stereocenters. The lowest BCUT2D eigenvalue weighted by Gasteiger charge is -2.22. The Hall–Kier alpha value is -2.93. The van der Waals surface area contributed by atoms with Crippen molar-refractivity contribution in [2.75, 3.05) is 13.1 Å². The van der Waals surface area contributed by atoms with Gasteiger partial charge in [0, 0.05) is 12.5 Å². The highest BCUT2D eigenvalue weighted by Crippen LogP contribution is 2.40. The van der Waals surface area contributed by atoms with E-state index < -0.39 is 71.6 Å². The van der Waals surface area contributed by atoms with Crippen LogP contribution in [0.3, 0.4) is 0 Å². The Morgan fingerprint density at radius 3 is 2.08 bits per heavy atom. The molecule has 0 fully saturated rings. The standard InChI is InChI=1S/C23H17Cl2F9N2O2/c1-21(27,28)14(11-3-5-16(24)17(25)7-11)8-18(26)12-2-4-13(15(6-12)23(32,33)34)20(38)35-9-19(37)36-10-22(29,30)31/h2-8,14H,9-10H2,1H3,(H,35,38)(H,36,37)/b18-8-. The molecule has 2 amide bonds. The predicted octanol–water partition coefficient (Wildman–Crippen LogP) is 7.17. The summed E-state index contributed by atoms with van der Waals surface area (Å²) in [6, 6.07) is 4.81. The van der Waals surface area contributed by atoms with Crippen LogP contribution in [0.1, 0.15) is 39.9 Å². The second-order valence-electron chi connectivity index (χ2n) is 7.95. The number of rotatable bonds is 8. The molecular weight excluding hydrogens is 578 g/mol. The molecule has 0 aromatic heterocycles. The number of hydrogen-bond donors (Lipinski definition) is 2. The van der Waals surface area contributed by atoms with Crippen LogP contribution in [0.25, 0.3) is 5.83 Å². The fourth-order valence-electron chi connectivity index (χ4n) is 3.13. The van der Waals surface area contributed by atoms with Crippen LogP contribution in [0.15, 0.2) is 42.5 Å². The summed E-state index contributed by atoms with van der Waals surface area (Å²) < 4.78 is 121. The smallest absolute Gasteiger partial charge is 0.345 e. The first-order valence-electron chi connectivity index (χ1n) is 10.3. The van der Waals surface area contributed by atoms with E-state index in [9.17, 15) is 49.1 Å². The largest absolute Gasteiger partial charge is 0.417 e. The Morgan fingerprint density at radius 2 is 1.55 bits per heavy atom. The highest BCUT2D eigenvalue weighted by molar-refractivity contribution is 6.42. The van der Waals surface area contributed by atoms with Crippen LogP contribution in [0, 0.1) is 0 Å². The predicted molar refractivity (Wildman–Crippen MR) is 122 cm³/mol. The van der Waals surface area contributed by atoms with E-state index in [0.717, 1.165) is 12.1 Å². The molecule has 0 radical (unpaired) electrons. The van der Waals surface area contributed by atoms with Crippen LogP contribution in [-0.2, 0) is 11.0 Å². The summed E-state index contributed by atoms with van der Waals surface area (Å²) in [5.74, 6) is -9.86. The lowest BCUT2D eigenvalue weighted by molar-refractivity contribution is -0.138. The number of amides is 2. The maximum Gasteiger partial charge on any atom is 0.417 e. The summed E-state index contributed by atoms with van der Waals surface area (Å²) in [6.07, 6.45) is -9.60. The quantitative estimate of drug-likeness (QED) is 0.318. The molecule has 2 rings (SSSR count). The first-order chi connectivity index (χ1) is 17.3. The van der Waals surface area contributed by atoms with Crippen LogP contribution in [-0.4, -0.2) is 37.0 Å². The SMILES string of the molecule is CC(F)(F)C(/C=C(\F)c1ccc(C(=O)NCC(=O)NCC(F)(F)F)c(C(F)(F)F)c1)c1ccc(Cl)c(Cl)c1. The van der Waals surface area contributed by atoms with Gasteiger partial charge in [-0.3, -0.25) is 9.59 Å². The number of carbonyl (C=O) groups is 2. The molecule has 0 aliphatic rings. The zero-order valence-corrected chi connectivity index (χ0v) is 20.5. The molecule has 0 saturated carbocycles. The molecule has 0 spiro atoms. The summed E-state index contributed by atoms with van der Waals surface area (Å²) in [4.78, 5) is 23.6. The Bertz CT molecular complexity index is 1220. The number of benzene rings is 2. The fraction of sp³-hybridized carbons (Fsp3) is 0.304. The Morgan fingerprint density at radius 1 is 0.921 bits per heavy atom. The molecule has 4 nitrogen and oxygen atoms in total. The Kier molecular flexibility index (Phi) is 9.76. The minimum absolute atomic E-state index is 0.0274. The molecule has 2 aromatic carbocycles. The zero-order chi connectivity index (χ0) is 29.1. The van der Waals surface area contributed by atoms with Gasteiger partial charge in [-0.1, -0.05) is 35.3 Å². The van der Waals surface area contributed by atoms with Gasteiger partial charge >= 0.3 is 12.4 Å². The summed E-state index contributed by atoms with van der Waals surface area (Å²) in [6.45, 7) is -2.35. The van der Waals surface area contributed by atoms with Gasteiger partial charge < -0.3 is 10.6 Å². The lowest BCUT2D eigenvalue weighted by atomic mass is 9.91. The van der Waals surface area contributed by atoms with E-state index in [-0.39, 0.29) is 21.7 Å². The summed E-state index contributed by atoms with van der Waals surface area (Å²) in [7, 11) is 0. The Labute approximate surface area is 219 Å². The molecule has 0 bridgehead atoms. The average molecular weight is 595 g/mol. The molecule has 15 heteroatoms. The van der Waals surface area contributed by atoms with E-state index in [2.05, 4.69) is 0 Å². The third kappa shape index (κ3) is 8.83. The summed E-state index contributed by atoms with van der Waals surface area (Å²) in [5, 5.41) is 3.05. The van der Waals surface area contributed by atoms with Gasteiger partial charge in [0.25, 0.3) is 11.8 Å². The second-order valence-corrected chi connectivity index (χ2v) is 8.77. The lowest BCUT2D eigenvalue weighted by Crippen LogP contribution is -2.41. The topological polar surface area (TPSA) is 58.2 Å². The van der Waals surface area contributed by atoms with Gasteiger partial charge in [-0.25, -0.2) is 13.2 Å². The van der Waals surface area contributed by atoms with Gasteiger partial charge in [0.15, 0.2) is 0 Å². The molecule has 208 valence electrons. The molecule has 0 heterocycles. The van der Waals surface area contributed by atoms with Crippen molar-refractivity contribution in [3.05, 3.63) is 74.8 Å². The number of carbonyl (C=O) groups excluding carboxylic acids is 2. The third-order valence-corrected chi connectivity index (χ3v) is 5.64. The molecule has 0 aliphatic heterocycles. The highest BCUT2D eigenvalue weighted by Gasteiger charge is 2.37. The molecular formula is C23H17Cl2F9N2O2. The van der Waals surface area contributed by atoms with Gasteiger partial charge in [-0.15, -0.1) is 0 Å². The molecule has 1 unspecified atom stereocenters. The number of hydrogen-bond acceptors (Lipinski definition) is 2. The summed E-state index contributed by atoms with van der Waals surface area (Å²) in [5.41, 5.74) is -3.75. The summed E-state index contributed by atoms with van der Waals surface area (Å²) >= 11 is 11.6. The van der Waals surface area contributed by atoms with Gasteiger partial charge in [-0.05, 0) is 35.9 Å². The third-order valence-electron chi connectivity index (χ3n) is 4.90. The van der Waals surface area contributed by atoms with E-state index >= 15 is 0 Å². The average Bonchev–Trinajstić information content (AvgIpc) is 2.79. The van der Waals surface area contributed by atoms with Crippen molar-refractivity contribution in [1.29, 1.82) is 0 Å². The van der Waals surface area contributed by atoms with Crippen LogP contribution in [0.4, 0.5) is 39.5 Å². The fourth-order valence-corrected chi connectivity index (χ4v) is 3.43. The Balaban J connectivity index is 2.38. The van der Waals surface area contributed by atoms with Crippen molar-refractivity contribution in [3.63, 3.8) is 0 Å². The molecule has 2 N–H and O–H groups in total. The van der Waals surface area contributed by atoms with Crippen LogP contribution in [0.2, 0.25) is 10.0 Å². The number of halogens is 11.